The number of rotatable bonds is 4. The van der Waals surface area contributed by atoms with Crippen molar-refractivity contribution in [1.29, 1.82) is 0 Å². The molecule has 0 aliphatic heterocycles. The molecule has 1 heteroatoms. The second-order valence-corrected chi connectivity index (χ2v) is 1.53. The Hall–Kier alpha value is -1.37. The maximum atomic E-state index is 9.74. The minimum absolute atomic E-state index is 0.738. The summed E-state index contributed by atoms with van der Waals surface area (Å²) in [7, 11) is 0. The second-order valence-electron chi connectivity index (χ2n) is 1.53. The Labute approximate surface area is 61.1 Å². The van der Waals surface area contributed by atoms with Gasteiger partial charge in [-0.15, -0.1) is 0 Å². The van der Waals surface area contributed by atoms with Gasteiger partial charge >= 0.3 is 0 Å². The fourth-order valence-electron chi connectivity index (χ4n) is 0.381. The fourth-order valence-corrected chi connectivity index (χ4v) is 0.381. The van der Waals surface area contributed by atoms with E-state index in [0.29, 0.717) is 0 Å². The lowest BCUT2D eigenvalue weighted by atomic mass is 10.4. The van der Waals surface area contributed by atoms with E-state index in [0.717, 1.165) is 6.29 Å². The van der Waals surface area contributed by atoms with Crippen LogP contribution < -0.4 is 0 Å². The van der Waals surface area contributed by atoms with Gasteiger partial charge in [-0.25, -0.2) is 0 Å². The number of allylic oxidation sites excluding steroid dienone is 7. The van der Waals surface area contributed by atoms with Gasteiger partial charge in [0.25, 0.3) is 0 Å². The molecule has 0 N–H and O–H groups in total. The quantitative estimate of drug-likeness (QED) is 0.326. The van der Waals surface area contributed by atoms with E-state index in [1.54, 1.807) is 18.2 Å². The molecule has 0 heterocycles. The molecule has 0 atom stereocenters. The van der Waals surface area contributed by atoms with Crippen molar-refractivity contribution in [1.82, 2.24) is 0 Å². The highest BCUT2D eigenvalue weighted by Crippen LogP contribution is 1.78. The zero-order chi connectivity index (χ0) is 7.66. The zero-order valence-electron chi connectivity index (χ0n) is 5.73. The third-order valence-electron chi connectivity index (χ3n) is 0.770. The lowest BCUT2D eigenvalue weighted by Gasteiger charge is -1.69. The van der Waals surface area contributed by atoms with E-state index in [1.807, 2.05) is 18.2 Å². The Morgan fingerprint density at radius 1 is 0.800 bits per heavy atom. The van der Waals surface area contributed by atoms with Crippen LogP contribution in [0.2, 0.25) is 0 Å². The molecule has 0 aromatic carbocycles. The van der Waals surface area contributed by atoms with Gasteiger partial charge in [-0.3, -0.25) is 4.79 Å². The van der Waals surface area contributed by atoms with E-state index >= 15 is 0 Å². The molecule has 0 aliphatic rings. The second kappa shape index (κ2) is 7.63. The Balaban J connectivity index is 3.55. The first-order valence-corrected chi connectivity index (χ1v) is 2.98. The topological polar surface area (TPSA) is 17.1 Å². The molecule has 0 fully saturated rings. The highest BCUT2D eigenvalue weighted by Gasteiger charge is 1.60. The molecule has 0 aromatic rings. The molecule has 0 saturated carbocycles. The molecule has 10 heavy (non-hydrogen) atoms. The predicted octanol–water partition coefficient (Wildman–Crippen LogP) is 2.04. The molecule has 0 bridgehead atoms. The normalized spacial score (nSPS) is 11.6. The van der Waals surface area contributed by atoms with Crippen LogP contribution in [0.1, 0.15) is 0 Å². The van der Waals surface area contributed by atoms with Crippen molar-refractivity contribution in [3.05, 3.63) is 49.1 Å². The molecule has 1 nitrogen and oxygen atoms in total. The third kappa shape index (κ3) is 6.63. The van der Waals surface area contributed by atoms with E-state index in [4.69, 9.17) is 0 Å². The summed E-state index contributed by atoms with van der Waals surface area (Å²) >= 11 is 0. The van der Waals surface area contributed by atoms with E-state index < -0.39 is 0 Å². The van der Waals surface area contributed by atoms with Gasteiger partial charge in [-0.05, 0) is 6.08 Å². The summed E-state index contributed by atoms with van der Waals surface area (Å²) in [5, 5.41) is 0. The molecular formula is C9H10O. The molecule has 0 radical (unpaired) electrons. The van der Waals surface area contributed by atoms with Crippen molar-refractivity contribution in [3.63, 3.8) is 0 Å². The Morgan fingerprint density at radius 2 is 1.30 bits per heavy atom. The van der Waals surface area contributed by atoms with Crippen molar-refractivity contribution in [3.8, 4) is 0 Å². The number of carbonyl (C=O) groups is 1. The standard InChI is InChI=1S/C9H10O/c1-2-3-4-5-6-7-8-9-10/h2-9H,1H2/b4-3?,6-5+,8-7+. The Kier molecular flexibility index (Phi) is 6.58. The third-order valence-corrected chi connectivity index (χ3v) is 0.770. The minimum Gasteiger partial charge on any atom is -0.299 e. The molecule has 0 amide bonds. The van der Waals surface area contributed by atoms with Crippen LogP contribution in [0.25, 0.3) is 0 Å². The van der Waals surface area contributed by atoms with Crippen LogP contribution in [0.15, 0.2) is 49.1 Å². The smallest absolute Gasteiger partial charge is 0.142 e. The van der Waals surface area contributed by atoms with Gasteiger partial charge in [-0.1, -0.05) is 43.0 Å². The predicted molar refractivity (Wildman–Crippen MR) is 43.7 cm³/mol. The van der Waals surface area contributed by atoms with Gasteiger partial charge in [0.05, 0.1) is 0 Å². The highest BCUT2D eigenvalue weighted by atomic mass is 16.1. The summed E-state index contributed by atoms with van der Waals surface area (Å²) in [6.07, 6.45) is 12.8. The summed E-state index contributed by atoms with van der Waals surface area (Å²) in [4.78, 5) is 9.74. The molecule has 0 aliphatic carbocycles. The summed E-state index contributed by atoms with van der Waals surface area (Å²) in [6.45, 7) is 3.50. The molecule has 52 valence electrons. The Bertz CT molecular complexity index is 153. The largest absolute Gasteiger partial charge is 0.299 e. The van der Waals surface area contributed by atoms with Crippen LogP contribution >= 0.6 is 0 Å². The number of hydrogen-bond acceptors (Lipinski definition) is 1. The number of aldehydes is 1. The van der Waals surface area contributed by atoms with Crippen LogP contribution in [0.4, 0.5) is 0 Å². The molecule has 0 spiro atoms. The first-order valence-electron chi connectivity index (χ1n) is 2.98. The van der Waals surface area contributed by atoms with Crippen LogP contribution in [-0.2, 0) is 4.79 Å². The van der Waals surface area contributed by atoms with E-state index in [9.17, 15) is 4.79 Å². The van der Waals surface area contributed by atoms with E-state index in [1.165, 1.54) is 6.08 Å². The van der Waals surface area contributed by atoms with Crippen LogP contribution in [0.3, 0.4) is 0 Å². The SMILES string of the molecule is C=CC=C/C=C/C=C/C=O. The molecule has 0 unspecified atom stereocenters. The monoisotopic (exact) mass is 134 g/mol. The van der Waals surface area contributed by atoms with Crippen LogP contribution in [0.5, 0.6) is 0 Å². The molecule has 0 rings (SSSR count). The maximum absolute atomic E-state index is 9.74. The average molecular weight is 134 g/mol. The maximum Gasteiger partial charge on any atom is 0.142 e. The molecule has 0 aromatic heterocycles. The highest BCUT2D eigenvalue weighted by molar-refractivity contribution is 5.65. The van der Waals surface area contributed by atoms with Gasteiger partial charge in [0.1, 0.15) is 6.29 Å². The summed E-state index contributed by atoms with van der Waals surface area (Å²) < 4.78 is 0. The van der Waals surface area contributed by atoms with E-state index in [-0.39, 0.29) is 0 Å². The molecular weight excluding hydrogens is 124 g/mol. The first kappa shape index (κ1) is 8.63. The van der Waals surface area contributed by atoms with Crippen molar-refractivity contribution < 1.29 is 4.79 Å². The van der Waals surface area contributed by atoms with Gasteiger partial charge in [0.15, 0.2) is 0 Å². The lowest BCUT2D eigenvalue weighted by Crippen LogP contribution is -1.55. The summed E-state index contributed by atoms with van der Waals surface area (Å²) in [5.74, 6) is 0. The Morgan fingerprint density at radius 3 is 1.80 bits per heavy atom. The van der Waals surface area contributed by atoms with Crippen molar-refractivity contribution >= 4 is 6.29 Å². The van der Waals surface area contributed by atoms with Gasteiger partial charge in [0, 0.05) is 0 Å². The fraction of sp³-hybridized carbons (Fsp3) is 0. The van der Waals surface area contributed by atoms with Gasteiger partial charge in [0.2, 0.25) is 0 Å². The van der Waals surface area contributed by atoms with Gasteiger partial charge in [-0.2, -0.15) is 0 Å². The van der Waals surface area contributed by atoms with Crippen LogP contribution in [0, 0.1) is 0 Å². The number of carbonyl (C=O) groups excluding carboxylic acids is 1. The average Bonchev–Trinajstić information content (AvgIpc) is 1.97. The molecule has 0 saturated heterocycles. The first-order chi connectivity index (χ1) is 4.91. The van der Waals surface area contributed by atoms with E-state index in [2.05, 4.69) is 6.58 Å². The summed E-state index contributed by atoms with van der Waals surface area (Å²) in [5.41, 5.74) is 0. The minimum atomic E-state index is 0.738. The van der Waals surface area contributed by atoms with Crippen molar-refractivity contribution in [2.24, 2.45) is 0 Å². The van der Waals surface area contributed by atoms with Crippen LogP contribution in [-0.4, -0.2) is 6.29 Å². The zero-order valence-corrected chi connectivity index (χ0v) is 5.73. The van der Waals surface area contributed by atoms with Gasteiger partial charge < -0.3 is 0 Å². The van der Waals surface area contributed by atoms with Crippen molar-refractivity contribution in [2.75, 3.05) is 0 Å². The number of hydrogen-bond donors (Lipinski definition) is 0. The summed E-state index contributed by atoms with van der Waals surface area (Å²) in [6, 6.07) is 0. The lowest BCUT2D eigenvalue weighted by molar-refractivity contribution is -0.104. The van der Waals surface area contributed by atoms with Crippen molar-refractivity contribution in [2.45, 2.75) is 0 Å².